The van der Waals surface area contributed by atoms with Crippen molar-refractivity contribution < 1.29 is 57.2 Å². The Morgan fingerprint density at radius 1 is 0.491 bits per heavy atom. The van der Waals surface area contributed by atoms with Gasteiger partial charge in [-0.05, 0) is 109 Å². The van der Waals surface area contributed by atoms with Gasteiger partial charge in [-0.15, -0.1) is 0 Å². The molecule has 270 valence electrons. The zero-order valence-electron chi connectivity index (χ0n) is 29.3. The maximum absolute atomic E-state index is 13.0. The fraction of sp³-hybridized carbons (Fsp3) is 0.171. The summed E-state index contributed by atoms with van der Waals surface area (Å²) >= 11 is 0. The average molecular weight is 719 g/mol. The van der Waals surface area contributed by atoms with E-state index in [9.17, 15) is 28.8 Å². The van der Waals surface area contributed by atoms with Gasteiger partial charge in [-0.1, -0.05) is 39.1 Å². The van der Waals surface area contributed by atoms with E-state index < -0.39 is 54.8 Å². The number of ether oxygens (including phenoxy) is 6. The summed E-state index contributed by atoms with van der Waals surface area (Å²) in [6, 6.07) is 21.9. The van der Waals surface area contributed by atoms with Gasteiger partial charge in [0.15, 0.2) is 0 Å². The van der Waals surface area contributed by atoms with E-state index in [0.717, 1.165) is 22.3 Å². The Kier molecular flexibility index (Phi) is 11.0. The van der Waals surface area contributed by atoms with Crippen molar-refractivity contribution in [3.05, 3.63) is 143 Å². The van der Waals surface area contributed by atoms with Gasteiger partial charge in [0, 0.05) is 16.6 Å². The van der Waals surface area contributed by atoms with Gasteiger partial charge in [-0.25, -0.2) is 28.8 Å². The number of fused-ring (bicyclic) bond motifs is 3. The van der Waals surface area contributed by atoms with Crippen LogP contribution in [-0.4, -0.2) is 49.4 Å². The topological polar surface area (TPSA) is 158 Å². The summed E-state index contributed by atoms with van der Waals surface area (Å²) in [7, 11) is 0. The van der Waals surface area contributed by atoms with Crippen LogP contribution in [0.1, 0.15) is 80.3 Å². The molecule has 0 aromatic heterocycles. The highest BCUT2D eigenvalue weighted by Gasteiger charge is 2.36. The molecule has 5 rings (SSSR count). The molecule has 0 heterocycles. The molecule has 1 aliphatic carbocycles. The second kappa shape index (κ2) is 15.6. The first-order chi connectivity index (χ1) is 25.1. The summed E-state index contributed by atoms with van der Waals surface area (Å²) in [4.78, 5) is 73.4. The summed E-state index contributed by atoms with van der Waals surface area (Å²) in [5, 5.41) is 0. The van der Waals surface area contributed by atoms with Crippen LogP contribution in [0.2, 0.25) is 0 Å². The fourth-order valence-electron chi connectivity index (χ4n) is 5.33. The smallest absolute Gasteiger partial charge is 0.343 e. The van der Waals surface area contributed by atoms with E-state index in [-0.39, 0.29) is 33.4 Å². The number of hydrogen-bond donors (Lipinski definition) is 0. The summed E-state index contributed by atoms with van der Waals surface area (Å²) in [6.45, 7) is 12.7. The maximum atomic E-state index is 13.0. The van der Waals surface area contributed by atoms with Gasteiger partial charge in [-0.2, -0.15) is 0 Å². The monoisotopic (exact) mass is 718 g/mol. The van der Waals surface area contributed by atoms with Crippen LogP contribution in [-0.2, 0) is 34.0 Å². The SMILES string of the molecule is C=C(C)C(=O)OCOC(=O)c1ccc(C(=O)Oc2ccc3c(c2)C(C)(C)c2cc(OC(=O)c4ccc(C(=O)OCOC(=O)C(=C)C)cc4)ccc2-3)cc1. The molecule has 0 fully saturated rings. The molecule has 0 radical (unpaired) electrons. The Hall–Kier alpha value is -6.82. The molecule has 0 saturated heterocycles. The van der Waals surface area contributed by atoms with Gasteiger partial charge in [-0.3, -0.25) is 0 Å². The Labute approximate surface area is 304 Å². The lowest BCUT2D eigenvalue weighted by atomic mass is 9.82. The lowest BCUT2D eigenvalue weighted by Crippen LogP contribution is -2.16. The molecule has 53 heavy (non-hydrogen) atoms. The van der Waals surface area contributed by atoms with E-state index in [1.54, 1.807) is 24.3 Å². The van der Waals surface area contributed by atoms with Gasteiger partial charge in [0.1, 0.15) is 11.5 Å². The van der Waals surface area contributed by atoms with Crippen molar-refractivity contribution in [2.24, 2.45) is 0 Å². The lowest BCUT2D eigenvalue weighted by Gasteiger charge is -2.22. The van der Waals surface area contributed by atoms with Crippen LogP contribution >= 0.6 is 0 Å². The first-order valence-corrected chi connectivity index (χ1v) is 16.1. The highest BCUT2D eigenvalue weighted by Crippen LogP contribution is 2.50. The molecule has 0 amide bonds. The molecule has 4 aromatic rings. The maximum Gasteiger partial charge on any atom is 0.343 e. The van der Waals surface area contributed by atoms with Crippen molar-refractivity contribution in [3.63, 3.8) is 0 Å². The first kappa shape index (κ1) is 37.4. The summed E-state index contributed by atoms with van der Waals surface area (Å²) in [6.07, 6.45) is 0. The fourth-order valence-corrected chi connectivity index (χ4v) is 5.33. The van der Waals surface area contributed by atoms with E-state index in [1.807, 2.05) is 26.0 Å². The van der Waals surface area contributed by atoms with Crippen LogP contribution in [0.5, 0.6) is 11.5 Å². The molecule has 0 unspecified atom stereocenters. The lowest BCUT2D eigenvalue weighted by molar-refractivity contribution is -0.148. The zero-order valence-corrected chi connectivity index (χ0v) is 29.3. The van der Waals surface area contributed by atoms with Crippen LogP contribution in [0.4, 0.5) is 0 Å². The van der Waals surface area contributed by atoms with Gasteiger partial charge >= 0.3 is 35.8 Å². The molecule has 12 heteroatoms. The minimum Gasteiger partial charge on any atom is -0.425 e. The highest BCUT2D eigenvalue weighted by molar-refractivity contribution is 5.96. The van der Waals surface area contributed by atoms with Gasteiger partial charge in [0.25, 0.3) is 0 Å². The predicted octanol–water partition coefficient (Wildman–Crippen LogP) is 6.90. The Bertz CT molecular complexity index is 2010. The standard InChI is InChI=1S/C41H34O12/c1-23(2)35(42)48-21-50-37(44)25-7-11-27(12-8-25)39(46)52-29-15-17-31-32-18-16-30(20-34(32)41(5,6)33(31)19-29)53-40(47)28-13-9-26(10-14-28)38(45)51-22-49-36(43)24(3)4/h7-20H,1,3,21-22H2,2,4-6H3. The summed E-state index contributed by atoms with van der Waals surface area (Å²) in [5.74, 6) is -3.52. The Morgan fingerprint density at radius 3 is 1.13 bits per heavy atom. The Morgan fingerprint density at radius 2 is 0.811 bits per heavy atom. The number of esters is 6. The van der Waals surface area contributed by atoms with Crippen molar-refractivity contribution in [2.75, 3.05) is 13.6 Å². The predicted molar refractivity (Wildman–Crippen MR) is 189 cm³/mol. The molecule has 0 saturated carbocycles. The van der Waals surface area contributed by atoms with Crippen LogP contribution in [0.15, 0.2) is 109 Å². The molecular formula is C41H34O12. The van der Waals surface area contributed by atoms with Gasteiger partial charge < -0.3 is 28.4 Å². The molecule has 0 aliphatic heterocycles. The van der Waals surface area contributed by atoms with E-state index in [4.69, 9.17) is 28.4 Å². The van der Waals surface area contributed by atoms with E-state index in [0.29, 0.717) is 11.5 Å². The van der Waals surface area contributed by atoms with Crippen molar-refractivity contribution >= 4 is 35.8 Å². The quantitative estimate of drug-likeness (QED) is 0.0647. The number of benzene rings is 4. The highest BCUT2D eigenvalue weighted by atomic mass is 16.7. The van der Waals surface area contributed by atoms with Crippen LogP contribution in [0.3, 0.4) is 0 Å². The van der Waals surface area contributed by atoms with E-state index in [2.05, 4.69) is 13.2 Å². The molecule has 1 aliphatic rings. The number of carbonyl (C=O) groups is 6. The summed E-state index contributed by atoms with van der Waals surface area (Å²) < 4.78 is 30.7. The molecule has 0 atom stereocenters. The molecule has 4 aromatic carbocycles. The second-order valence-corrected chi connectivity index (χ2v) is 12.5. The van der Waals surface area contributed by atoms with Crippen LogP contribution < -0.4 is 9.47 Å². The average Bonchev–Trinajstić information content (AvgIpc) is 3.36. The number of hydrogen-bond acceptors (Lipinski definition) is 12. The normalized spacial score (nSPS) is 11.9. The van der Waals surface area contributed by atoms with Crippen LogP contribution in [0, 0.1) is 0 Å². The van der Waals surface area contributed by atoms with Gasteiger partial charge in [0.2, 0.25) is 13.6 Å². The number of carbonyl (C=O) groups excluding carboxylic acids is 6. The molecule has 0 bridgehead atoms. The summed E-state index contributed by atoms with van der Waals surface area (Å²) in [5.41, 5.74) is 4.10. The minimum absolute atomic E-state index is 0.145. The third kappa shape index (κ3) is 8.56. The first-order valence-electron chi connectivity index (χ1n) is 16.1. The van der Waals surface area contributed by atoms with E-state index >= 15 is 0 Å². The largest absolute Gasteiger partial charge is 0.425 e. The molecule has 0 spiro atoms. The third-order valence-corrected chi connectivity index (χ3v) is 8.21. The minimum atomic E-state index is -0.742. The van der Waals surface area contributed by atoms with Crippen molar-refractivity contribution in [3.8, 4) is 22.6 Å². The zero-order chi connectivity index (χ0) is 38.4. The van der Waals surface area contributed by atoms with Crippen molar-refractivity contribution in [1.82, 2.24) is 0 Å². The number of rotatable bonds is 12. The molecular weight excluding hydrogens is 684 g/mol. The third-order valence-electron chi connectivity index (χ3n) is 8.21. The second-order valence-electron chi connectivity index (χ2n) is 12.5. The van der Waals surface area contributed by atoms with Crippen molar-refractivity contribution in [1.29, 1.82) is 0 Å². The molecule has 0 N–H and O–H groups in total. The van der Waals surface area contributed by atoms with E-state index in [1.165, 1.54) is 62.4 Å². The Balaban J connectivity index is 1.20. The molecule has 12 nitrogen and oxygen atoms in total. The van der Waals surface area contributed by atoms with Crippen molar-refractivity contribution in [2.45, 2.75) is 33.1 Å². The van der Waals surface area contributed by atoms with Crippen LogP contribution in [0.25, 0.3) is 11.1 Å². The van der Waals surface area contributed by atoms with Gasteiger partial charge in [0.05, 0.1) is 22.3 Å².